The molecule has 0 saturated carbocycles. The molecule has 86 valence electrons. The molecule has 0 unspecified atom stereocenters. The number of hydrogen-bond acceptors (Lipinski definition) is 2. The first-order valence-corrected chi connectivity index (χ1v) is 6.06. The number of rotatable bonds is 5. The molecule has 0 bridgehead atoms. The second kappa shape index (κ2) is 7.12. The SMILES string of the molecule is [2H][C@H](CC=C)SC(=O)N[C@H](C)c1ccccc1. The average Bonchev–Trinajstić information content (AvgIpc) is 2.30. The Morgan fingerprint density at radius 3 is 2.94 bits per heavy atom. The van der Waals surface area contributed by atoms with Crippen LogP contribution in [0.5, 0.6) is 0 Å². The Morgan fingerprint density at radius 1 is 1.62 bits per heavy atom. The highest BCUT2D eigenvalue weighted by molar-refractivity contribution is 8.13. The number of allylic oxidation sites excluding steroid dienone is 1. The normalized spacial score (nSPS) is 14.7. The highest BCUT2D eigenvalue weighted by Crippen LogP contribution is 2.13. The van der Waals surface area contributed by atoms with E-state index in [0.29, 0.717) is 6.42 Å². The van der Waals surface area contributed by atoms with Crippen LogP contribution in [0.25, 0.3) is 0 Å². The number of benzene rings is 1. The molecule has 2 nitrogen and oxygen atoms in total. The second-order valence-electron chi connectivity index (χ2n) is 3.37. The summed E-state index contributed by atoms with van der Waals surface area (Å²) >= 11 is 0.993. The molecule has 16 heavy (non-hydrogen) atoms. The molecule has 1 N–H and O–H groups in total. The van der Waals surface area contributed by atoms with Crippen LogP contribution in [0.2, 0.25) is 0 Å². The van der Waals surface area contributed by atoms with Crippen LogP contribution in [0.3, 0.4) is 0 Å². The lowest BCUT2D eigenvalue weighted by Gasteiger charge is -2.13. The van der Waals surface area contributed by atoms with E-state index in [2.05, 4.69) is 11.9 Å². The first-order valence-electron chi connectivity index (χ1n) is 5.76. The standard InChI is InChI=1S/C13H17NOS/c1-3-4-10-16-13(15)14-11(2)12-8-6-5-7-9-12/h3,5-9,11H,1,4,10H2,2H3,(H,14,15)/t11-/m1/s1/i10D/t10-,11-. The van der Waals surface area contributed by atoms with Gasteiger partial charge < -0.3 is 5.32 Å². The van der Waals surface area contributed by atoms with E-state index >= 15 is 0 Å². The Balaban J connectivity index is 2.43. The van der Waals surface area contributed by atoms with Gasteiger partial charge >= 0.3 is 0 Å². The van der Waals surface area contributed by atoms with Crippen molar-refractivity contribution in [2.75, 3.05) is 5.73 Å². The van der Waals surface area contributed by atoms with Crippen molar-refractivity contribution in [3.05, 3.63) is 48.6 Å². The quantitative estimate of drug-likeness (QED) is 0.788. The van der Waals surface area contributed by atoms with Crippen LogP contribution >= 0.6 is 11.8 Å². The third kappa shape index (κ3) is 4.53. The molecular weight excluding hydrogens is 218 g/mol. The van der Waals surface area contributed by atoms with Gasteiger partial charge in [-0.25, -0.2) is 0 Å². The topological polar surface area (TPSA) is 29.1 Å². The Hall–Kier alpha value is -1.22. The van der Waals surface area contributed by atoms with Gasteiger partial charge in [0.2, 0.25) is 0 Å². The summed E-state index contributed by atoms with van der Waals surface area (Å²) in [6.07, 6.45) is 2.16. The number of nitrogens with one attached hydrogen (secondary N) is 1. The monoisotopic (exact) mass is 236 g/mol. The van der Waals surface area contributed by atoms with Crippen molar-refractivity contribution >= 4 is 17.0 Å². The van der Waals surface area contributed by atoms with Crippen molar-refractivity contribution in [2.45, 2.75) is 19.4 Å². The fourth-order valence-electron chi connectivity index (χ4n) is 1.23. The van der Waals surface area contributed by atoms with Gasteiger partial charge in [-0.1, -0.05) is 48.2 Å². The predicted octanol–water partition coefficient (Wildman–Crippen LogP) is 3.77. The Labute approximate surface area is 103 Å². The van der Waals surface area contributed by atoms with Gasteiger partial charge in [0, 0.05) is 7.10 Å². The highest BCUT2D eigenvalue weighted by Gasteiger charge is 2.08. The van der Waals surface area contributed by atoms with Crippen LogP contribution in [0.4, 0.5) is 4.79 Å². The molecule has 0 spiro atoms. The van der Waals surface area contributed by atoms with E-state index in [1.54, 1.807) is 6.08 Å². The van der Waals surface area contributed by atoms with Gasteiger partial charge in [-0.2, -0.15) is 0 Å². The van der Waals surface area contributed by atoms with Crippen LogP contribution in [0, 0.1) is 0 Å². The van der Waals surface area contributed by atoms with Crippen LogP contribution < -0.4 is 5.32 Å². The van der Waals surface area contributed by atoms with Gasteiger partial charge in [-0.15, -0.1) is 6.58 Å². The zero-order valence-electron chi connectivity index (χ0n) is 10.3. The summed E-state index contributed by atoms with van der Waals surface area (Å²) in [6, 6.07) is 9.73. The first kappa shape index (κ1) is 11.3. The second-order valence-corrected chi connectivity index (χ2v) is 4.31. The number of carbonyl (C=O) groups is 1. The minimum absolute atomic E-state index is 0.0351. The summed E-state index contributed by atoms with van der Waals surface area (Å²) in [5.74, 6) is 0. The highest BCUT2D eigenvalue weighted by atomic mass is 32.2. The van der Waals surface area contributed by atoms with Crippen molar-refractivity contribution in [3.63, 3.8) is 0 Å². The van der Waals surface area contributed by atoms with Crippen molar-refractivity contribution in [3.8, 4) is 0 Å². The lowest BCUT2D eigenvalue weighted by atomic mass is 10.1. The Bertz CT molecular complexity index is 369. The van der Waals surface area contributed by atoms with Crippen LogP contribution in [-0.2, 0) is 0 Å². The summed E-state index contributed by atoms with van der Waals surface area (Å²) in [4.78, 5) is 11.6. The van der Waals surface area contributed by atoms with Crippen molar-refractivity contribution in [1.82, 2.24) is 5.32 Å². The van der Waals surface area contributed by atoms with Crippen LogP contribution in [0.15, 0.2) is 43.0 Å². The molecule has 0 aliphatic carbocycles. The van der Waals surface area contributed by atoms with E-state index in [4.69, 9.17) is 1.37 Å². The van der Waals surface area contributed by atoms with Crippen molar-refractivity contribution in [2.24, 2.45) is 0 Å². The largest absolute Gasteiger partial charge is 0.340 e. The maximum atomic E-state index is 11.6. The molecule has 0 fully saturated rings. The van der Waals surface area contributed by atoms with Gasteiger partial charge in [-0.05, 0) is 18.9 Å². The summed E-state index contributed by atoms with van der Waals surface area (Å²) in [7, 11) is 0. The number of amides is 1. The summed E-state index contributed by atoms with van der Waals surface area (Å²) in [6.45, 7) is 5.48. The zero-order chi connectivity index (χ0) is 12.7. The van der Waals surface area contributed by atoms with Gasteiger partial charge in [-0.3, -0.25) is 4.79 Å². The van der Waals surface area contributed by atoms with E-state index in [-0.39, 0.29) is 11.3 Å². The third-order valence-electron chi connectivity index (χ3n) is 2.09. The Kier molecular flexibility index (Phi) is 5.02. The molecular formula is C13H17NOS. The maximum absolute atomic E-state index is 11.6. The molecule has 1 amide bonds. The van der Waals surface area contributed by atoms with Crippen molar-refractivity contribution < 1.29 is 6.17 Å². The zero-order valence-corrected chi connectivity index (χ0v) is 10.2. The van der Waals surface area contributed by atoms with Crippen molar-refractivity contribution in [1.29, 1.82) is 0 Å². The van der Waals surface area contributed by atoms with E-state index in [1.807, 2.05) is 37.3 Å². The van der Waals surface area contributed by atoms with E-state index in [0.717, 1.165) is 17.3 Å². The lowest BCUT2D eigenvalue weighted by Crippen LogP contribution is -2.22. The van der Waals surface area contributed by atoms with Crippen LogP contribution in [0.1, 0.15) is 26.3 Å². The summed E-state index contributed by atoms with van der Waals surface area (Å²) in [5.41, 5.74) is 0.585. The number of carbonyl (C=O) groups excluding carboxylic acids is 1. The van der Waals surface area contributed by atoms with E-state index < -0.39 is 5.73 Å². The molecule has 0 aliphatic rings. The molecule has 1 aromatic rings. The molecule has 0 heterocycles. The molecule has 0 aromatic heterocycles. The van der Waals surface area contributed by atoms with Gasteiger partial charge in [0.15, 0.2) is 0 Å². The lowest BCUT2D eigenvalue weighted by molar-refractivity contribution is 0.258. The van der Waals surface area contributed by atoms with Gasteiger partial charge in [0.1, 0.15) is 0 Å². The van der Waals surface area contributed by atoms with Crippen LogP contribution in [-0.4, -0.2) is 11.0 Å². The van der Waals surface area contributed by atoms with Gasteiger partial charge in [0.05, 0.1) is 6.04 Å². The molecule has 0 saturated heterocycles. The molecule has 1 rings (SSSR count). The minimum Gasteiger partial charge on any atom is -0.340 e. The molecule has 1 aromatic carbocycles. The molecule has 0 radical (unpaired) electrons. The Morgan fingerprint density at radius 2 is 2.31 bits per heavy atom. The fraction of sp³-hybridized carbons (Fsp3) is 0.308. The summed E-state index contributed by atoms with van der Waals surface area (Å²) in [5, 5.41) is 2.69. The predicted molar refractivity (Wildman–Crippen MR) is 70.7 cm³/mol. The molecule has 2 atom stereocenters. The van der Waals surface area contributed by atoms with E-state index in [1.165, 1.54) is 0 Å². The minimum atomic E-state index is -0.476. The number of thioether (sulfide) groups is 1. The fourth-order valence-corrected chi connectivity index (χ4v) is 1.86. The smallest absolute Gasteiger partial charge is 0.279 e. The average molecular weight is 236 g/mol. The third-order valence-corrected chi connectivity index (χ3v) is 2.78. The molecule has 3 heteroatoms. The number of hydrogen-bond donors (Lipinski definition) is 1. The molecule has 0 aliphatic heterocycles. The van der Waals surface area contributed by atoms with E-state index in [9.17, 15) is 4.79 Å². The maximum Gasteiger partial charge on any atom is 0.279 e. The summed E-state index contributed by atoms with van der Waals surface area (Å²) < 4.78 is 7.58. The first-order chi connectivity index (χ1) is 8.13. The van der Waals surface area contributed by atoms with Gasteiger partial charge in [0.25, 0.3) is 5.24 Å².